The van der Waals surface area contributed by atoms with Gasteiger partial charge in [0.1, 0.15) is 23.1 Å². The summed E-state index contributed by atoms with van der Waals surface area (Å²) >= 11 is 0. The molecule has 1 aliphatic heterocycles. The van der Waals surface area contributed by atoms with Crippen LogP contribution in [0.2, 0.25) is 0 Å². The number of nitrogens with one attached hydrogen (secondary N) is 1. The lowest BCUT2D eigenvalue weighted by Gasteiger charge is -2.01. The molecule has 2 aromatic rings. The summed E-state index contributed by atoms with van der Waals surface area (Å²) < 4.78 is 18.3. The molecule has 0 bridgehead atoms. The average Bonchev–Trinajstić information content (AvgIpc) is 2.94. The third kappa shape index (κ3) is 3.87. The molecule has 1 heterocycles. The van der Waals surface area contributed by atoms with E-state index >= 15 is 0 Å². The number of halogens is 1. The average molecular weight is 324 g/mol. The number of hydrogen-bond acceptors (Lipinski definition) is 3. The zero-order valence-corrected chi connectivity index (χ0v) is 13.3. The van der Waals surface area contributed by atoms with Gasteiger partial charge >= 0.3 is 0 Å². The Balaban J connectivity index is 1.69. The Morgan fingerprint density at radius 1 is 1.17 bits per heavy atom. The van der Waals surface area contributed by atoms with Crippen molar-refractivity contribution in [3.8, 4) is 5.75 Å². The number of aryl methyl sites for hydroxylation is 1. The van der Waals surface area contributed by atoms with Crippen molar-refractivity contribution in [2.75, 3.05) is 7.11 Å². The van der Waals surface area contributed by atoms with Crippen LogP contribution in [-0.2, 0) is 11.2 Å². The summed E-state index contributed by atoms with van der Waals surface area (Å²) in [6.45, 7) is 0. The number of nitrogens with zero attached hydrogens (tertiary/aromatic N) is 1. The van der Waals surface area contributed by atoms with Gasteiger partial charge in [0, 0.05) is 6.42 Å². The zero-order chi connectivity index (χ0) is 16.9. The van der Waals surface area contributed by atoms with Gasteiger partial charge in [0.15, 0.2) is 0 Å². The minimum absolute atomic E-state index is 0.222. The Labute approximate surface area is 139 Å². The molecule has 0 unspecified atom stereocenters. The Kier molecular flexibility index (Phi) is 4.70. The molecule has 1 amide bonds. The fourth-order valence-electron chi connectivity index (χ4n) is 2.45. The summed E-state index contributed by atoms with van der Waals surface area (Å²) in [7, 11) is 1.60. The molecular formula is C19H17FN2O2. The van der Waals surface area contributed by atoms with Crippen molar-refractivity contribution in [2.24, 2.45) is 4.99 Å². The molecule has 4 nitrogen and oxygen atoms in total. The molecule has 0 saturated heterocycles. The van der Waals surface area contributed by atoms with E-state index < -0.39 is 0 Å². The second kappa shape index (κ2) is 7.08. The van der Waals surface area contributed by atoms with Gasteiger partial charge in [-0.1, -0.05) is 24.3 Å². The summed E-state index contributed by atoms with van der Waals surface area (Å²) in [6, 6.07) is 13.8. The van der Waals surface area contributed by atoms with E-state index in [1.807, 2.05) is 30.3 Å². The third-order valence-electron chi connectivity index (χ3n) is 3.70. The Morgan fingerprint density at radius 3 is 2.67 bits per heavy atom. The molecule has 122 valence electrons. The van der Waals surface area contributed by atoms with Crippen molar-refractivity contribution < 1.29 is 13.9 Å². The van der Waals surface area contributed by atoms with Gasteiger partial charge in [-0.05, 0) is 47.9 Å². The van der Waals surface area contributed by atoms with Crippen molar-refractivity contribution in [1.82, 2.24) is 5.32 Å². The molecule has 5 heteroatoms. The van der Waals surface area contributed by atoms with E-state index in [1.54, 1.807) is 19.3 Å². The first kappa shape index (κ1) is 15.9. The number of aliphatic imine (C=N–C) groups is 1. The van der Waals surface area contributed by atoms with E-state index in [9.17, 15) is 9.18 Å². The molecule has 2 aromatic carbocycles. The van der Waals surface area contributed by atoms with Crippen molar-refractivity contribution in [3.05, 3.63) is 71.2 Å². The first-order chi connectivity index (χ1) is 11.6. The molecule has 0 fully saturated rings. The number of amides is 1. The largest absolute Gasteiger partial charge is 0.497 e. The zero-order valence-electron chi connectivity index (χ0n) is 13.3. The SMILES string of the molecule is COc1ccc(/C=C2/N=C(CCc3cccc(F)c3)NC2=O)cc1. The maximum atomic E-state index is 13.2. The predicted molar refractivity (Wildman–Crippen MR) is 91.3 cm³/mol. The molecule has 0 radical (unpaired) electrons. The normalized spacial score (nSPS) is 15.3. The number of carbonyl (C=O) groups excluding carboxylic acids is 1. The molecule has 0 saturated carbocycles. The first-order valence-electron chi connectivity index (χ1n) is 7.63. The lowest BCUT2D eigenvalue weighted by Crippen LogP contribution is -2.24. The fraction of sp³-hybridized carbons (Fsp3) is 0.158. The van der Waals surface area contributed by atoms with Gasteiger partial charge in [0.2, 0.25) is 0 Å². The minimum atomic E-state index is -0.259. The van der Waals surface area contributed by atoms with Crippen LogP contribution < -0.4 is 10.1 Å². The Bertz CT molecular complexity index is 810. The van der Waals surface area contributed by atoms with Crippen LogP contribution in [0.5, 0.6) is 5.75 Å². The van der Waals surface area contributed by atoms with E-state index in [0.29, 0.717) is 24.4 Å². The number of methoxy groups -OCH3 is 1. The van der Waals surface area contributed by atoms with E-state index in [4.69, 9.17) is 4.74 Å². The summed E-state index contributed by atoms with van der Waals surface area (Å²) in [6.07, 6.45) is 2.89. The monoisotopic (exact) mass is 324 g/mol. The predicted octanol–water partition coefficient (Wildman–Crippen LogP) is 3.34. The van der Waals surface area contributed by atoms with Crippen LogP contribution in [0.25, 0.3) is 6.08 Å². The number of benzene rings is 2. The standard InChI is InChI=1S/C19H17FN2O2/c1-24-16-8-5-14(6-9-16)12-17-19(23)22-18(21-17)10-7-13-3-2-4-15(20)11-13/h2-6,8-9,11-12H,7,10H2,1H3,(H,21,22,23)/b17-12+. The molecule has 1 N–H and O–H groups in total. The summed E-state index contributed by atoms with van der Waals surface area (Å²) in [5.74, 6) is 0.876. The second-order valence-corrected chi connectivity index (χ2v) is 5.45. The highest BCUT2D eigenvalue weighted by Crippen LogP contribution is 2.17. The molecule has 0 atom stereocenters. The van der Waals surface area contributed by atoms with Crippen molar-refractivity contribution in [2.45, 2.75) is 12.8 Å². The molecule has 1 aliphatic rings. The smallest absolute Gasteiger partial charge is 0.275 e. The van der Waals surface area contributed by atoms with Crippen LogP contribution in [0, 0.1) is 5.82 Å². The van der Waals surface area contributed by atoms with Crippen LogP contribution in [0.15, 0.2) is 59.2 Å². The van der Waals surface area contributed by atoms with Gasteiger partial charge in [-0.15, -0.1) is 0 Å². The number of ether oxygens (including phenoxy) is 1. The van der Waals surface area contributed by atoms with Crippen LogP contribution in [0.3, 0.4) is 0 Å². The van der Waals surface area contributed by atoms with Crippen molar-refractivity contribution in [1.29, 1.82) is 0 Å². The molecule has 0 aliphatic carbocycles. The van der Waals surface area contributed by atoms with Crippen molar-refractivity contribution >= 4 is 17.8 Å². The van der Waals surface area contributed by atoms with E-state index in [0.717, 1.165) is 16.9 Å². The van der Waals surface area contributed by atoms with Gasteiger partial charge in [0.25, 0.3) is 5.91 Å². The van der Waals surface area contributed by atoms with E-state index in [2.05, 4.69) is 10.3 Å². The summed E-state index contributed by atoms with van der Waals surface area (Å²) in [5, 5.41) is 2.76. The van der Waals surface area contributed by atoms with Crippen molar-refractivity contribution in [3.63, 3.8) is 0 Å². The Morgan fingerprint density at radius 2 is 1.96 bits per heavy atom. The topological polar surface area (TPSA) is 50.7 Å². The van der Waals surface area contributed by atoms with Crippen LogP contribution in [-0.4, -0.2) is 18.9 Å². The van der Waals surface area contributed by atoms with Gasteiger partial charge in [0.05, 0.1) is 7.11 Å². The van der Waals surface area contributed by atoms with E-state index in [1.165, 1.54) is 12.1 Å². The minimum Gasteiger partial charge on any atom is -0.497 e. The molecular weight excluding hydrogens is 307 g/mol. The number of rotatable bonds is 5. The van der Waals surface area contributed by atoms with Gasteiger partial charge in [-0.25, -0.2) is 9.38 Å². The highest BCUT2D eigenvalue weighted by molar-refractivity contribution is 6.14. The number of amidine groups is 1. The quantitative estimate of drug-likeness (QED) is 0.858. The molecule has 24 heavy (non-hydrogen) atoms. The molecule has 3 rings (SSSR count). The number of hydrogen-bond donors (Lipinski definition) is 1. The van der Waals surface area contributed by atoms with Crippen LogP contribution >= 0.6 is 0 Å². The summed E-state index contributed by atoms with van der Waals surface area (Å²) in [4.78, 5) is 16.3. The maximum Gasteiger partial charge on any atom is 0.275 e. The second-order valence-electron chi connectivity index (χ2n) is 5.45. The Hall–Kier alpha value is -2.95. The fourth-order valence-corrected chi connectivity index (χ4v) is 2.45. The first-order valence-corrected chi connectivity index (χ1v) is 7.63. The van der Waals surface area contributed by atoms with Gasteiger partial charge in [-0.3, -0.25) is 4.79 Å². The highest BCUT2D eigenvalue weighted by atomic mass is 19.1. The molecule has 0 aromatic heterocycles. The molecule has 0 spiro atoms. The van der Waals surface area contributed by atoms with Gasteiger partial charge in [-0.2, -0.15) is 0 Å². The summed E-state index contributed by atoms with van der Waals surface area (Å²) in [5.41, 5.74) is 2.12. The lowest BCUT2D eigenvalue weighted by atomic mass is 10.1. The number of carbonyl (C=O) groups is 1. The van der Waals surface area contributed by atoms with Gasteiger partial charge < -0.3 is 10.1 Å². The maximum absolute atomic E-state index is 13.2. The van der Waals surface area contributed by atoms with E-state index in [-0.39, 0.29) is 11.7 Å². The van der Waals surface area contributed by atoms with Crippen LogP contribution in [0.4, 0.5) is 4.39 Å². The lowest BCUT2D eigenvalue weighted by molar-refractivity contribution is -0.115. The highest BCUT2D eigenvalue weighted by Gasteiger charge is 2.19. The third-order valence-corrected chi connectivity index (χ3v) is 3.70. The van der Waals surface area contributed by atoms with Crippen LogP contribution in [0.1, 0.15) is 17.5 Å².